The van der Waals surface area contributed by atoms with E-state index in [9.17, 15) is 4.79 Å². The van der Waals surface area contributed by atoms with Crippen molar-refractivity contribution in [2.75, 3.05) is 26.4 Å². The molecule has 0 radical (unpaired) electrons. The summed E-state index contributed by atoms with van der Waals surface area (Å²) in [5.74, 6) is 2.40. The van der Waals surface area contributed by atoms with Crippen molar-refractivity contribution in [2.24, 2.45) is 0 Å². The lowest BCUT2D eigenvalue weighted by atomic mass is 10.0. The van der Waals surface area contributed by atoms with Gasteiger partial charge in [-0.05, 0) is 63.3 Å². The van der Waals surface area contributed by atoms with Crippen molar-refractivity contribution in [3.05, 3.63) is 31.3 Å². The van der Waals surface area contributed by atoms with Crippen LogP contribution in [-0.4, -0.2) is 38.5 Å². The summed E-state index contributed by atoms with van der Waals surface area (Å²) in [4.78, 5) is 15.4. The molecule has 0 spiro atoms. The van der Waals surface area contributed by atoms with Gasteiger partial charge in [0.15, 0.2) is 23.0 Å². The van der Waals surface area contributed by atoms with Crippen LogP contribution in [0.2, 0.25) is 0 Å². The van der Waals surface area contributed by atoms with E-state index in [2.05, 4.69) is 38.8 Å². The van der Waals surface area contributed by atoms with Crippen molar-refractivity contribution >= 4 is 60.5 Å². The highest BCUT2D eigenvalue weighted by molar-refractivity contribution is 9.11. The second kappa shape index (κ2) is 12.0. The van der Waals surface area contributed by atoms with Gasteiger partial charge in [0.1, 0.15) is 34.0 Å². The number of halogens is 2. The van der Waals surface area contributed by atoms with E-state index in [-0.39, 0.29) is 12.1 Å². The van der Waals surface area contributed by atoms with Crippen LogP contribution in [0.5, 0.6) is 23.0 Å². The second-order valence-corrected chi connectivity index (χ2v) is 13.6. The van der Waals surface area contributed by atoms with Crippen molar-refractivity contribution in [1.82, 2.24) is 0 Å². The lowest BCUT2D eigenvalue weighted by Gasteiger charge is -2.19. The number of ether oxygens (including phenoxy) is 5. The Kier molecular flexibility index (Phi) is 8.68. The highest BCUT2D eigenvalue weighted by atomic mass is 79.9. The van der Waals surface area contributed by atoms with Crippen LogP contribution in [0.4, 0.5) is 0 Å². The molecule has 2 aliphatic heterocycles. The fourth-order valence-corrected chi connectivity index (χ4v) is 7.84. The fraction of sp³-hybridized carbons (Fsp3) is 0.444. The quantitative estimate of drug-likeness (QED) is 0.167. The molecule has 1 atom stereocenters. The average molecular weight is 672 g/mol. The molecule has 0 unspecified atom stereocenters. The minimum atomic E-state index is -0.350. The summed E-state index contributed by atoms with van der Waals surface area (Å²) >= 11 is 10.2. The molecule has 0 amide bonds. The molecule has 0 saturated heterocycles. The molecule has 2 aliphatic rings. The smallest absolute Gasteiger partial charge is 0.339 e. The number of carbonyl (C=O) groups is 1. The molecule has 0 saturated carbocycles. The van der Waals surface area contributed by atoms with Gasteiger partial charge >= 0.3 is 5.97 Å². The highest BCUT2D eigenvalue weighted by Crippen LogP contribution is 2.55. The van der Waals surface area contributed by atoms with E-state index in [0.717, 1.165) is 47.7 Å². The lowest BCUT2D eigenvalue weighted by molar-refractivity contribution is 0.0320. The van der Waals surface area contributed by atoms with Crippen LogP contribution in [-0.2, 0) is 4.74 Å². The first-order valence-electron chi connectivity index (χ1n) is 12.5. The first-order valence-corrected chi connectivity index (χ1v) is 15.7. The van der Waals surface area contributed by atoms with Crippen LogP contribution >= 0.6 is 54.5 Å². The van der Waals surface area contributed by atoms with Crippen LogP contribution in [0.3, 0.4) is 0 Å². The van der Waals surface area contributed by atoms with Gasteiger partial charge in [0.05, 0.1) is 21.4 Å². The minimum absolute atomic E-state index is 0.176. The summed E-state index contributed by atoms with van der Waals surface area (Å²) in [5.41, 5.74) is 2.11. The molecule has 0 aliphatic carbocycles. The van der Waals surface area contributed by atoms with E-state index < -0.39 is 0 Å². The van der Waals surface area contributed by atoms with Gasteiger partial charge in [-0.25, -0.2) is 4.79 Å². The number of hydrogen-bond acceptors (Lipinski definition) is 8. The number of hydrogen-bond donors (Lipinski definition) is 0. The number of esters is 1. The summed E-state index contributed by atoms with van der Waals surface area (Å²) < 4.78 is 31.2. The molecule has 198 valence electrons. The maximum atomic E-state index is 13.6. The minimum Gasteiger partial charge on any atom is -0.485 e. The van der Waals surface area contributed by atoms with E-state index in [1.54, 1.807) is 0 Å². The van der Waals surface area contributed by atoms with Gasteiger partial charge < -0.3 is 23.7 Å². The summed E-state index contributed by atoms with van der Waals surface area (Å²) in [6.07, 6.45) is 5.22. The predicted octanol–water partition coefficient (Wildman–Crippen LogP) is 8.73. The highest BCUT2D eigenvalue weighted by Gasteiger charge is 2.30. The van der Waals surface area contributed by atoms with Crippen LogP contribution in [0.1, 0.15) is 56.3 Å². The zero-order valence-corrected chi connectivity index (χ0v) is 25.5. The SMILES string of the molecule is CCCCCC[C@H](C)OC(=O)c1cc(-c2sc(Br)c3c2OCCO3)ccc1-c1sc(Br)c2c1OCCO2. The van der Waals surface area contributed by atoms with Gasteiger partial charge in [-0.3, -0.25) is 0 Å². The van der Waals surface area contributed by atoms with Crippen LogP contribution in [0, 0.1) is 0 Å². The van der Waals surface area contributed by atoms with Gasteiger partial charge in [-0.2, -0.15) is 0 Å². The number of benzene rings is 1. The average Bonchev–Trinajstić information content (AvgIpc) is 3.43. The van der Waals surface area contributed by atoms with Crippen molar-refractivity contribution in [3.63, 3.8) is 0 Å². The zero-order valence-electron chi connectivity index (χ0n) is 20.7. The molecule has 2 aromatic heterocycles. The summed E-state index contributed by atoms with van der Waals surface area (Å²) in [5, 5.41) is 0. The maximum absolute atomic E-state index is 13.6. The van der Waals surface area contributed by atoms with E-state index in [1.807, 2.05) is 25.1 Å². The maximum Gasteiger partial charge on any atom is 0.339 e. The largest absolute Gasteiger partial charge is 0.485 e. The Bertz CT molecular complexity index is 1280. The Morgan fingerprint density at radius 3 is 2.14 bits per heavy atom. The molecule has 0 fully saturated rings. The molecule has 10 heteroatoms. The van der Waals surface area contributed by atoms with E-state index in [4.69, 9.17) is 23.7 Å². The molecule has 6 nitrogen and oxygen atoms in total. The van der Waals surface area contributed by atoms with E-state index in [1.165, 1.54) is 35.5 Å². The number of carbonyl (C=O) groups excluding carboxylic acids is 1. The van der Waals surface area contributed by atoms with Gasteiger partial charge in [0, 0.05) is 5.56 Å². The predicted molar refractivity (Wildman–Crippen MR) is 154 cm³/mol. The molecule has 0 N–H and O–H groups in total. The third kappa shape index (κ3) is 5.67. The summed E-state index contributed by atoms with van der Waals surface area (Å²) in [6.45, 7) is 6.10. The van der Waals surface area contributed by atoms with Gasteiger partial charge in [0.25, 0.3) is 0 Å². The van der Waals surface area contributed by atoms with Crippen LogP contribution in [0.25, 0.3) is 20.9 Å². The lowest BCUT2D eigenvalue weighted by Crippen LogP contribution is -2.17. The van der Waals surface area contributed by atoms with Crippen LogP contribution in [0.15, 0.2) is 25.8 Å². The monoisotopic (exact) mass is 670 g/mol. The van der Waals surface area contributed by atoms with Crippen molar-refractivity contribution < 1.29 is 28.5 Å². The number of rotatable bonds is 9. The topological polar surface area (TPSA) is 63.2 Å². The first-order chi connectivity index (χ1) is 18.0. The molecular formula is C27H28Br2O6S2. The molecule has 1 aromatic carbocycles. The first kappa shape index (κ1) is 26.8. The van der Waals surface area contributed by atoms with Gasteiger partial charge in [-0.15, -0.1) is 22.7 Å². The molecular weight excluding hydrogens is 644 g/mol. The molecule has 4 heterocycles. The second-order valence-electron chi connectivity index (χ2n) is 8.95. The number of fused-ring (bicyclic) bond motifs is 2. The molecule has 5 rings (SSSR count). The van der Waals surface area contributed by atoms with Gasteiger partial charge in [-0.1, -0.05) is 38.3 Å². The third-order valence-corrected chi connectivity index (χ3v) is 9.89. The zero-order chi connectivity index (χ0) is 25.9. The van der Waals surface area contributed by atoms with E-state index in [0.29, 0.717) is 55.0 Å². The Morgan fingerprint density at radius 2 is 1.49 bits per heavy atom. The fourth-order valence-electron chi connectivity index (χ4n) is 4.41. The Balaban J connectivity index is 1.53. The van der Waals surface area contributed by atoms with E-state index >= 15 is 0 Å². The standard InChI is InChI=1S/C27H28Br2O6S2/c1-3-4-5-6-7-15(2)35-27(30)18-14-16(23-19-21(25(28)36-23)33-12-10-31-19)8-9-17(18)24-20-22(26(29)37-24)34-13-11-32-20/h8-9,14-15H,3-7,10-13H2,1-2H3/t15-/m0/s1. The van der Waals surface area contributed by atoms with Crippen molar-refractivity contribution in [2.45, 2.75) is 52.1 Å². The summed E-state index contributed by atoms with van der Waals surface area (Å²) in [6, 6.07) is 5.85. The van der Waals surface area contributed by atoms with Crippen molar-refractivity contribution in [1.29, 1.82) is 0 Å². The molecule has 0 bridgehead atoms. The Labute approximate surface area is 241 Å². The van der Waals surface area contributed by atoms with Crippen molar-refractivity contribution in [3.8, 4) is 43.9 Å². The normalized spacial score (nSPS) is 14.9. The van der Waals surface area contributed by atoms with Gasteiger partial charge in [0.2, 0.25) is 0 Å². The summed E-state index contributed by atoms with van der Waals surface area (Å²) in [7, 11) is 0. The third-order valence-electron chi connectivity index (χ3n) is 6.24. The van der Waals surface area contributed by atoms with Crippen LogP contribution < -0.4 is 18.9 Å². The molecule has 37 heavy (non-hydrogen) atoms. The number of thiophene rings is 2. The Morgan fingerprint density at radius 1 is 0.892 bits per heavy atom. The number of unbranched alkanes of at least 4 members (excludes halogenated alkanes) is 3. The molecule has 3 aromatic rings. The Hall–Kier alpha value is -1.75.